The largest absolute Gasteiger partial charge is 1.00 e. The second kappa shape index (κ2) is 12.6. The zero-order valence-electron chi connectivity index (χ0n) is 24.3. The summed E-state index contributed by atoms with van der Waals surface area (Å²) in [7, 11) is -2.64. The summed E-state index contributed by atoms with van der Waals surface area (Å²) in [6.45, 7) is 23.3. The van der Waals surface area contributed by atoms with Crippen LogP contribution in [0, 0.1) is 41.5 Å². The second-order valence-electron chi connectivity index (χ2n) is 11.1. The van der Waals surface area contributed by atoms with E-state index in [1.54, 1.807) is 19.8 Å². The molecular weight excluding hydrogens is 579 g/mol. The Morgan fingerprint density at radius 2 is 0.974 bits per heavy atom. The van der Waals surface area contributed by atoms with Gasteiger partial charge in [0, 0.05) is 0 Å². The zero-order chi connectivity index (χ0) is 25.9. The van der Waals surface area contributed by atoms with E-state index in [2.05, 4.69) is 144 Å². The summed E-state index contributed by atoms with van der Waals surface area (Å²) in [6.07, 6.45) is 0. The van der Waals surface area contributed by atoms with E-state index in [0.29, 0.717) is 0 Å². The average Bonchev–Trinajstić information content (AvgIpc) is 2.92. The van der Waals surface area contributed by atoms with Gasteiger partial charge >= 0.3 is 227 Å². The van der Waals surface area contributed by atoms with E-state index < -0.39 is 8.07 Å². The van der Waals surface area contributed by atoms with Crippen molar-refractivity contribution in [1.82, 2.24) is 0 Å². The maximum atomic E-state index is 2.57. The van der Waals surface area contributed by atoms with Gasteiger partial charge in [0.1, 0.15) is 0 Å². The fraction of sp³-hybridized carbons (Fsp3) is 0.333. The first-order chi connectivity index (χ1) is 16.3. The van der Waals surface area contributed by atoms with Crippen molar-refractivity contribution in [1.29, 1.82) is 0 Å². The van der Waals surface area contributed by atoms with Crippen LogP contribution in [0.4, 0.5) is 0 Å². The van der Waals surface area contributed by atoms with E-state index in [1.807, 2.05) is 0 Å². The van der Waals surface area contributed by atoms with Gasteiger partial charge in [-0.2, -0.15) is 0 Å². The Morgan fingerprint density at radius 3 is 1.32 bits per heavy atom. The van der Waals surface area contributed by atoms with Gasteiger partial charge in [0.15, 0.2) is 0 Å². The molecule has 1 unspecified atom stereocenters. The van der Waals surface area contributed by atoms with Crippen LogP contribution in [0.15, 0.2) is 75.2 Å². The molecule has 0 aliphatic heterocycles. The van der Waals surface area contributed by atoms with Crippen LogP contribution >= 0.6 is 0 Å². The van der Waals surface area contributed by atoms with E-state index in [1.165, 1.54) is 49.7 Å². The number of aryl methyl sites for hydroxylation is 6. The summed E-state index contributed by atoms with van der Waals surface area (Å²) in [5.41, 5.74) is 12.7. The molecule has 3 aromatic carbocycles. The van der Waals surface area contributed by atoms with Crippen LogP contribution in [-0.4, -0.2) is 8.07 Å². The molecule has 0 N–H and O–H groups in total. The fourth-order valence-corrected chi connectivity index (χ4v) is 15.0. The standard InChI is InChI=1S/C33H39Si.3ClH.Ti/c1-21-11-13-31(25(5)16-21)34(30-18-23(3)15-24(4)19-30,32-14-12-22(2)17-26(32)6)33(10)20-27(7)28(8)29(33)9;;;;/h11-19H,1-10H3;3*1H;/q;;;;+3/p-3. The number of halogens is 3. The molecule has 0 heterocycles. The number of hydrogen-bond acceptors (Lipinski definition) is 0. The molecule has 4 rings (SSSR count). The van der Waals surface area contributed by atoms with Crippen LogP contribution in [-0.2, 0) is 20.4 Å². The fourth-order valence-electron chi connectivity index (χ4n) is 6.82. The van der Waals surface area contributed by atoms with E-state index in [0.717, 1.165) is 0 Å². The monoisotopic (exact) mass is 616 g/mol. The third-order valence-electron chi connectivity index (χ3n) is 8.73. The van der Waals surface area contributed by atoms with Crippen molar-refractivity contribution in [2.45, 2.75) is 74.3 Å². The molecule has 0 nitrogen and oxygen atoms in total. The van der Waals surface area contributed by atoms with Crippen LogP contribution < -0.4 is 52.8 Å². The molecular formula is C33H39Cl3SiTi. The Kier molecular flexibility index (Phi) is 11.6. The minimum atomic E-state index is -2.64. The predicted molar refractivity (Wildman–Crippen MR) is 152 cm³/mol. The Hall–Kier alpha value is -1.06. The molecule has 38 heavy (non-hydrogen) atoms. The van der Waals surface area contributed by atoms with E-state index in [-0.39, 0.29) is 42.3 Å². The van der Waals surface area contributed by atoms with Crippen LogP contribution in [0.2, 0.25) is 5.04 Å². The molecule has 0 aromatic heterocycles. The summed E-state index contributed by atoms with van der Waals surface area (Å²) >= 11 is 2.41. The van der Waals surface area contributed by atoms with Crippen molar-refractivity contribution in [3.05, 3.63) is 109 Å². The maximum Gasteiger partial charge on any atom is -1.00 e. The van der Waals surface area contributed by atoms with Crippen molar-refractivity contribution in [3.8, 4) is 0 Å². The molecule has 200 valence electrons. The van der Waals surface area contributed by atoms with Crippen molar-refractivity contribution in [2.24, 2.45) is 0 Å². The molecule has 0 radical (unpaired) electrons. The second-order valence-corrected chi connectivity index (χ2v) is 16.1. The van der Waals surface area contributed by atoms with Crippen molar-refractivity contribution < 1.29 is 57.7 Å². The first kappa shape index (κ1) is 35.0. The SMILES string of the molecule is CC1=C(C)C(C)([Si](c2cc(C)cc(C)c2)(c2ccc(C)cc2C)c2ccc(C)cc2C)[C]([Ti+3])=C1C.[Cl-].[Cl-].[Cl-]. The number of rotatable bonds is 4. The molecule has 1 aliphatic rings. The Morgan fingerprint density at radius 1 is 0.553 bits per heavy atom. The molecule has 1 aliphatic carbocycles. The Bertz CT molecular complexity index is 1320. The van der Waals surface area contributed by atoms with Crippen LogP contribution in [0.5, 0.6) is 0 Å². The molecule has 3 aromatic rings. The van der Waals surface area contributed by atoms with Crippen molar-refractivity contribution in [3.63, 3.8) is 0 Å². The molecule has 0 spiro atoms. The maximum absolute atomic E-state index is 2.64. The summed E-state index contributed by atoms with van der Waals surface area (Å²) in [6, 6.07) is 21.8. The van der Waals surface area contributed by atoms with E-state index >= 15 is 0 Å². The summed E-state index contributed by atoms with van der Waals surface area (Å²) in [4.78, 5) is 0. The summed E-state index contributed by atoms with van der Waals surface area (Å²) < 4.78 is 1.54. The van der Waals surface area contributed by atoms with Gasteiger partial charge in [0.25, 0.3) is 0 Å². The summed E-state index contributed by atoms with van der Waals surface area (Å²) in [5, 5.41) is 4.55. The zero-order valence-corrected chi connectivity index (χ0v) is 29.2. The molecule has 0 saturated carbocycles. The molecule has 0 bridgehead atoms. The van der Waals surface area contributed by atoms with Gasteiger partial charge in [-0.1, -0.05) is 0 Å². The van der Waals surface area contributed by atoms with Gasteiger partial charge in [-0.05, 0) is 0 Å². The Labute approximate surface area is 262 Å². The third-order valence-corrected chi connectivity index (χ3v) is 16.5. The van der Waals surface area contributed by atoms with Crippen LogP contribution in [0.3, 0.4) is 0 Å². The van der Waals surface area contributed by atoms with Gasteiger partial charge < -0.3 is 37.2 Å². The molecule has 0 fully saturated rings. The topological polar surface area (TPSA) is 0 Å². The average molecular weight is 618 g/mol. The van der Waals surface area contributed by atoms with Gasteiger partial charge in [-0.15, -0.1) is 0 Å². The van der Waals surface area contributed by atoms with Crippen LogP contribution in [0.25, 0.3) is 0 Å². The van der Waals surface area contributed by atoms with E-state index in [4.69, 9.17) is 0 Å². The third kappa shape index (κ3) is 5.20. The van der Waals surface area contributed by atoms with Crippen molar-refractivity contribution >= 4 is 23.6 Å². The van der Waals surface area contributed by atoms with E-state index in [9.17, 15) is 0 Å². The predicted octanol–water partition coefficient (Wildman–Crippen LogP) is -2.05. The quantitative estimate of drug-likeness (QED) is 0.234. The minimum Gasteiger partial charge on any atom is -1.00 e. The Balaban J connectivity index is 0.00000241. The smallest absolute Gasteiger partial charge is 1.00 e. The molecule has 1 atom stereocenters. The van der Waals surface area contributed by atoms with Gasteiger partial charge in [0.2, 0.25) is 0 Å². The summed E-state index contributed by atoms with van der Waals surface area (Å²) in [5.74, 6) is 0. The number of allylic oxidation sites excluding steroid dienone is 4. The van der Waals surface area contributed by atoms with Crippen molar-refractivity contribution in [2.75, 3.05) is 0 Å². The minimum absolute atomic E-state index is 0. The number of benzene rings is 3. The molecule has 5 heteroatoms. The normalized spacial score (nSPS) is 17.2. The molecule has 0 amide bonds. The first-order valence-corrected chi connectivity index (χ1v) is 15.5. The first-order valence-electron chi connectivity index (χ1n) is 12.7. The van der Waals surface area contributed by atoms with Gasteiger partial charge in [0.05, 0.1) is 0 Å². The van der Waals surface area contributed by atoms with Gasteiger partial charge in [-0.25, -0.2) is 0 Å². The van der Waals surface area contributed by atoms with Gasteiger partial charge in [-0.3, -0.25) is 0 Å². The molecule has 0 saturated heterocycles. The van der Waals surface area contributed by atoms with Crippen LogP contribution in [0.1, 0.15) is 61.1 Å². The number of hydrogen-bond donors (Lipinski definition) is 0.